The minimum absolute atomic E-state index is 0.0789. The maximum atomic E-state index is 12.8. The second kappa shape index (κ2) is 4.45. The van der Waals surface area contributed by atoms with E-state index in [9.17, 15) is 15.0 Å². The minimum Gasteiger partial charge on any atom is -0.504 e. The highest BCUT2D eigenvalue weighted by molar-refractivity contribution is 5.90. The largest absolute Gasteiger partial charge is 0.504 e. The van der Waals surface area contributed by atoms with Crippen LogP contribution in [0, 0.1) is 5.92 Å². The molecule has 3 fully saturated rings. The lowest BCUT2D eigenvalue weighted by Crippen LogP contribution is -2.80. The van der Waals surface area contributed by atoms with E-state index in [1.165, 1.54) is 12.8 Å². The lowest BCUT2D eigenvalue weighted by atomic mass is 9.48. The van der Waals surface area contributed by atoms with Gasteiger partial charge in [0.25, 0.3) is 0 Å². The van der Waals surface area contributed by atoms with Crippen molar-refractivity contribution in [1.82, 2.24) is 0 Å². The van der Waals surface area contributed by atoms with Crippen molar-refractivity contribution in [2.24, 2.45) is 5.92 Å². The third-order valence-electron chi connectivity index (χ3n) is 8.28. The Bertz CT molecular complexity index is 849. The number of likely N-dealkylation sites (N-methyl/N-ethyl adjacent to an activating group) is 1. The van der Waals surface area contributed by atoms with Crippen LogP contribution >= 0.6 is 0 Å². The Kier molecular flexibility index (Phi) is 2.65. The number of hydrogen-bond acceptors (Lipinski definition) is 4. The minimum atomic E-state index is -0.931. The van der Waals surface area contributed by atoms with Crippen molar-refractivity contribution in [3.63, 3.8) is 0 Å². The molecule has 0 aromatic heterocycles. The van der Waals surface area contributed by atoms with Gasteiger partial charge in [0.2, 0.25) is 0 Å². The summed E-state index contributed by atoms with van der Waals surface area (Å²) in [6, 6.07) is 3.77. The highest BCUT2D eigenvalue weighted by Gasteiger charge is 2.76. The Morgan fingerprint density at radius 1 is 1.31 bits per heavy atom. The molecule has 1 spiro atoms. The van der Waals surface area contributed by atoms with Gasteiger partial charge < -0.3 is 19.4 Å². The molecule has 2 N–H and O–H groups in total. The molecule has 1 aromatic rings. The summed E-state index contributed by atoms with van der Waals surface area (Å²) < 4.78 is 6.98. The first kappa shape index (κ1) is 15.5. The Morgan fingerprint density at radius 3 is 2.88 bits per heavy atom. The van der Waals surface area contributed by atoms with E-state index in [1.54, 1.807) is 6.07 Å². The number of piperidine rings is 1. The lowest BCUT2D eigenvalue weighted by molar-refractivity contribution is -0.950. The van der Waals surface area contributed by atoms with Crippen LogP contribution in [0.2, 0.25) is 0 Å². The zero-order valence-electron chi connectivity index (χ0n) is 15.2. The SMILES string of the molecule is C[N@+]1(CC2CC2)CC[C@@]23c4c5ccc(O)c4O[C@@H]2C(=O)CC[C@]3(O)C1C5. The molecule has 2 aliphatic heterocycles. The van der Waals surface area contributed by atoms with Crippen LogP contribution in [-0.2, 0) is 16.6 Å². The van der Waals surface area contributed by atoms with Gasteiger partial charge in [0, 0.05) is 30.7 Å². The first-order valence-corrected chi connectivity index (χ1v) is 10.0. The molecule has 2 saturated carbocycles. The van der Waals surface area contributed by atoms with E-state index in [0.717, 1.165) is 47.5 Å². The Balaban J connectivity index is 1.60. The predicted octanol–water partition coefficient (Wildman–Crippen LogP) is 1.67. The number of nitrogens with zero attached hydrogens (tertiary/aromatic N) is 1. The molecule has 0 amide bonds. The third kappa shape index (κ3) is 1.55. The normalized spacial score (nSPS) is 45.2. The number of aromatic hydroxyl groups is 1. The second-order valence-corrected chi connectivity index (χ2v) is 9.61. The third-order valence-corrected chi connectivity index (χ3v) is 8.28. The zero-order chi connectivity index (χ0) is 17.9. The highest BCUT2D eigenvalue weighted by atomic mass is 16.5. The summed E-state index contributed by atoms with van der Waals surface area (Å²) >= 11 is 0. The molecule has 5 nitrogen and oxygen atoms in total. The first-order chi connectivity index (χ1) is 12.4. The molecule has 26 heavy (non-hydrogen) atoms. The summed E-state index contributed by atoms with van der Waals surface area (Å²) in [6.45, 7) is 2.09. The summed E-state index contributed by atoms with van der Waals surface area (Å²) in [5.74, 6) is 1.42. The molecule has 5 heteroatoms. The van der Waals surface area contributed by atoms with Crippen LogP contribution in [0.15, 0.2) is 12.1 Å². The molecule has 2 heterocycles. The number of ketones is 1. The number of likely N-dealkylation sites (tertiary alicyclic amines) is 1. The molecule has 1 unspecified atom stereocenters. The van der Waals surface area contributed by atoms with E-state index in [1.807, 2.05) is 6.07 Å². The van der Waals surface area contributed by atoms with Gasteiger partial charge in [0.15, 0.2) is 23.4 Å². The average Bonchev–Trinajstić information content (AvgIpc) is 3.32. The van der Waals surface area contributed by atoms with Crippen molar-refractivity contribution in [1.29, 1.82) is 0 Å². The van der Waals surface area contributed by atoms with Crippen LogP contribution in [-0.4, -0.2) is 58.4 Å². The lowest BCUT2D eigenvalue weighted by Gasteiger charge is -2.64. The molecule has 1 saturated heterocycles. The maximum Gasteiger partial charge on any atom is 0.174 e. The summed E-state index contributed by atoms with van der Waals surface area (Å²) in [5, 5.41) is 22.5. The van der Waals surface area contributed by atoms with Crippen molar-refractivity contribution in [3.8, 4) is 11.5 Å². The van der Waals surface area contributed by atoms with Gasteiger partial charge in [-0.05, 0) is 30.9 Å². The van der Waals surface area contributed by atoms with E-state index < -0.39 is 17.1 Å². The van der Waals surface area contributed by atoms with Crippen molar-refractivity contribution in [2.45, 2.75) is 61.7 Å². The van der Waals surface area contributed by atoms with Crippen LogP contribution in [0.25, 0.3) is 0 Å². The van der Waals surface area contributed by atoms with Crippen LogP contribution in [0.4, 0.5) is 0 Å². The van der Waals surface area contributed by atoms with Crippen LogP contribution in [0.5, 0.6) is 11.5 Å². The molecule has 1 aromatic carbocycles. The summed E-state index contributed by atoms with van der Waals surface area (Å²) in [7, 11) is 2.31. The Morgan fingerprint density at radius 2 is 2.12 bits per heavy atom. The van der Waals surface area contributed by atoms with Gasteiger partial charge >= 0.3 is 0 Å². The van der Waals surface area contributed by atoms with Crippen molar-refractivity contribution >= 4 is 5.78 Å². The quantitative estimate of drug-likeness (QED) is 0.791. The van der Waals surface area contributed by atoms with E-state index >= 15 is 0 Å². The Labute approximate surface area is 153 Å². The molecule has 5 atom stereocenters. The van der Waals surface area contributed by atoms with Crippen molar-refractivity contribution in [2.75, 3.05) is 20.1 Å². The van der Waals surface area contributed by atoms with Gasteiger partial charge in [-0.1, -0.05) is 6.07 Å². The molecular formula is C21H26NO4+. The molecule has 3 aliphatic carbocycles. The van der Waals surface area contributed by atoms with Gasteiger partial charge in [-0.2, -0.15) is 0 Å². The van der Waals surface area contributed by atoms with Gasteiger partial charge in [-0.3, -0.25) is 4.79 Å². The number of phenolic OH excluding ortho intramolecular Hbond substituents is 1. The molecule has 2 bridgehead atoms. The predicted molar refractivity (Wildman–Crippen MR) is 94.1 cm³/mol. The van der Waals surface area contributed by atoms with E-state index in [-0.39, 0.29) is 17.6 Å². The smallest absolute Gasteiger partial charge is 0.174 e. The van der Waals surface area contributed by atoms with Crippen LogP contribution < -0.4 is 4.74 Å². The number of phenols is 1. The second-order valence-electron chi connectivity index (χ2n) is 9.61. The number of aliphatic hydroxyl groups is 1. The number of Topliss-reactive ketones (excluding diaryl/α,β-unsaturated/α-hetero) is 1. The molecule has 6 rings (SSSR count). The van der Waals surface area contributed by atoms with Crippen molar-refractivity contribution in [3.05, 3.63) is 23.3 Å². The fourth-order valence-corrected chi connectivity index (χ4v) is 6.94. The number of hydrogen-bond donors (Lipinski definition) is 2. The van der Waals surface area contributed by atoms with Crippen molar-refractivity contribution < 1.29 is 24.2 Å². The monoisotopic (exact) mass is 356 g/mol. The number of benzene rings is 1. The summed E-state index contributed by atoms with van der Waals surface area (Å²) in [6.07, 6.45) is 4.42. The van der Waals surface area contributed by atoms with Gasteiger partial charge in [-0.25, -0.2) is 0 Å². The van der Waals surface area contributed by atoms with Gasteiger partial charge in [0.05, 0.1) is 25.6 Å². The first-order valence-electron chi connectivity index (χ1n) is 10.0. The summed E-state index contributed by atoms with van der Waals surface area (Å²) in [5.41, 5.74) is 0.492. The van der Waals surface area contributed by atoms with Crippen LogP contribution in [0.1, 0.15) is 43.2 Å². The number of quaternary nitrogens is 1. The topological polar surface area (TPSA) is 66.8 Å². The molecule has 5 aliphatic rings. The molecule has 138 valence electrons. The van der Waals surface area contributed by atoms with Gasteiger partial charge in [-0.15, -0.1) is 0 Å². The number of carbonyl (C=O) groups excluding carboxylic acids is 1. The average molecular weight is 356 g/mol. The fourth-order valence-electron chi connectivity index (χ4n) is 6.94. The maximum absolute atomic E-state index is 12.8. The number of ether oxygens (including phenoxy) is 1. The zero-order valence-corrected chi connectivity index (χ0v) is 15.2. The highest BCUT2D eigenvalue weighted by Crippen LogP contribution is 2.65. The number of rotatable bonds is 2. The molecule has 0 radical (unpaired) electrons. The van der Waals surface area contributed by atoms with E-state index in [0.29, 0.717) is 18.6 Å². The standard InChI is InChI=1S/C21H25NO4/c1-22(11-12-2-3-12)9-8-20-17-13-4-5-14(23)18(17)26-19(20)15(24)6-7-21(20,25)16(22)10-13/h4-5,12,16,19,25H,2-3,6-11H2,1H3/p+1/t16?,19-,20-,21+,22-/m1/s1. The van der Waals surface area contributed by atoms with E-state index in [2.05, 4.69) is 7.05 Å². The van der Waals surface area contributed by atoms with Gasteiger partial charge in [0.1, 0.15) is 11.6 Å². The van der Waals surface area contributed by atoms with Crippen LogP contribution in [0.3, 0.4) is 0 Å². The summed E-state index contributed by atoms with van der Waals surface area (Å²) in [4.78, 5) is 12.8. The number of carbonyl (C=O) groups is 1. The fraction of sp³-hybridized carbons (Fsp3) is 0.667. The Hall–Kier alpha value is -1.59. The molecular weight excluding hydrogens is 330 g/mol. The van der Waals surface area contributed by atoms with E-state index in [4.69, 9.17) is 4.74 Å².